The van der Waals surface area contributed by atoms with Gasteiger partial charge in [0.1, 0.15) is 13.2 Å². The molecule has 0 amide bonds. The quantitative estimate of drug-likeness (QED) is 0.0200. The molecule has 6 nitrogen and oxygen atoms in total. The highest BCUT2D eigenvalue weighted by Gasteiger charge is 2.19. The average molecular weight is 853 g/mol. The number of carbonyl (C=O) groups is 3. The lowest BCUT2D eigenvalue weighted by Gasteiger charge is -2.18. The summed E-state index contributed by atoms with van der Waals surface area (Å²) in [4.78, 5) is 37.9. The van der Waals surface area contributed by atoms with Gasteiger partial charge in [0.15, 0.2) is 6.10 Å². The lowest BCUT2D eigenvalue weighted by atomic mass is 10.1. The topological polar surface area (TPSA) is 78.9 Å². The average Bonchev–Trinajstić information content (AvgIpc) is 3.26. The van der Waals surface area contributed by atoms with E-state index in [1.807, 2.05) is 0 Å². The molecule has 0 radical (unpaired) electrons. The minimum Gasteiger partial charge on any atom is -0.462 e. The van der Waals surface area contributed by atoms with E-state index in [4.69, 9.17) is 14.2 Å². The molecule has 1 atom stereocenters. The molecule has 0 aliphatic heterocycles. The second-order valence-corrected chi connectivity index (χ2v) is 17.1. The van der Waals surface area contributed by atoms with E-state index in [1.54, 1.807) is 0 Å². The Bertz CT molecular complexity index is 1120. The third-order valence-electron chi connectivity index (χ3n) is 11.0. The number of unbranched alkanes of at least 4 members (excludes halogenated alkanes) is 27. The van der Waals surface area contributed by atoms with E-state index in [2.05, 4.69) is 81.5 Å². The molecule has 0 rings (SSSR count). The Labute approximate surface area is 377 Å². The molecule has 0 N–H and O–H groups in total. The van der Waals surface area contributed by atoms with Gasteiger partial charge in [-0.25, -0.2) is 0 Å². The van der Waals surface area contributed by atoms with Crippen LogP contribution in [0.15, 0.2) is 60.8 Å². The zero-order valence-corrected chi connectivity index (χ0v) is 40.2. The summed E-state index contributed by atoms with van der Waals surface area (Å²) in [7, 11) is 0. The van der Waals surface area contributed by atoms with Crippen molar-refractivity contribution < 1.29 is 28.6 Å². The van der Waals surface area contributed by atoms with E-state index in [9.17, 15) is 14.4 Å². The van der Waals surface area contributed by atoms with Crippen LogP contribution in [0.1, 0.15) is 252 Å². The maximum atomic E-state index is 12.8. The largest absolute Gasteiger partial charge is 0.462 e. The van der Waals surface area contributed by atoms with Crippen molar-refractivity contribution in [3.05, 3.63) is 60.8 Å². The van der Waals surface area contributed by atoms with Crippen LogP contribution in [0.25, 0.3) is 0 Å². The van der Waals surface area contributed by atoms with Gasteiger partial charge < -0.3 is 14.2 Å². The van der Waals surface area contributed by atoms with E-state index >= 15 is 0 Å². The van der Waals surface area contributed by atoms with Crippen LogP contribution < -0.4 is 0 Å². The molecule has 0 fully saturated rings. The molecule has 1 unspecified atom stereocenters. The molecule has 352 valence electrons. The minimum absolute atomic E-state index is 0.0903. The second-order valence-electron chi connectivity index (χ2n) is 17.1. The van der Waals surface area contributed by atoms with Crippen LogP contribution in [0, 0.1) is 0 Å². The van der Waals surface area contributed by atoms with Gasteiger partial charge >= 0.3 is 17.9 Å². The number of allylic oxidation sites excluding steroid dienone is 10. The third kappa shape index (κ3) is 48.0. The van der Waals surface area contributed by atoms with E-state index in [1.165, 1.54) is 103 Å². The first-order valence-corrected chi connectivity index (χ1v) is 25.8. The van der Waals surface area contributed by atoms with Gasteiger partial charge in [-0.05, 0) is 89.9 Å². The maximum absolute atomic E-state index is 12.8. The number of carbonyl (C=O) groups excluding carboxylic acids is 3. The third-order valence-corrected chi connectivity index (χ3v) is 11.0. The van der Waals surface area contributed by atoms with Crippen LogP contribution in [-0.2, 0) is 28.6 Å². The highest BCUT2D eigenvalue weighted by Crippen LogP contribution is 2.14. The standard InChI is InChI=1S/C55H96O6/c1-4-7-10-13-16-19-22-24-26-27-28-30-31-33-36-39-42-45-48-54(57)60-51-52(50-59-53(56)47-44-41-38-35-21-18-15-12-9-6-3)61-55(58)49-46-43-40-37-34-32-29-25-23-20-17-14-11-8-5-2/h15,17-18,20,23,25-28,30,52H,4-14,16,19,21-22,24,29,31-51H2,1-3H3/b18-15-,20-17-,25-23-,27-26-,30-28-. The Morgan fingerprint density at radius 3 is 1.00 bits per heavy atom. The SMILES string of the molecule is CCCC/C=C\CCCCCCC(=O)OCC(COC(=O)CCCCCCC/C=C\C=C/CCCCCCCCC)OC(=O)CCCCCCCC/C=C\C=C/CCCCC. The molecule has 0 heterocycles. The van der Waals surface area contributed by atoms with E-state index < -0.39 is 6.10 Å². The molecule has 0 aliphatic rings. The zero-order valence-electron chi connectivity index (χ0n) is 40.2. The van der Waals surface area contributed by atoms with E-state index in [0.29, 0.717) is 19.3 Å². The van der Waals surface area contributed by atoms with Crippen molar-refractivity contribution in [1.82, 2.24) is 0 Å². The van der Waals surface area contributed by atoms with E-state index in [-0.39, 0.29) is 31.1 Å². The summed E-state index contributed by atoms with van der Waals surface area (Å²) in [5.74, 6) is -0.928. The lowest BCUT2D eigenvalue weighted by molar-refractivity contribution is -0.167. The zero-order chi connectivity index (χ0) is 44.4. The monoisotopic (exact) mass is 853 g/mol. The number of rotatable bonds is 46. The van der Waals surface area contributed by atoms with Crippen molar-refractivity contribution >= 4 is 17.9 Å². The van der Waals surface area contributed by atoms with Crippen molar-refractivity contribution in [1.29, 1.82) is 0 Å². The number of esters is 3. The number of hydrogen-bond donors (Lipinski definition) is 0. The summed E-state index contributed by atoms with van der Waals surface area (Å²) in [6.07, 6.45) is 60.6. The molecule has 6 heteroatoms. The van der Waals surface area contributed by atoms with Crippen LogP contribution in [0.3, 0.4) is 0 Å². The molecule has 0 aliphatic carbocycles. The van der Waals surface area contributed by atoms with Crippen molar-refractivity contribution in [3.63, 3.8) is 0 Å². The predicted octanol–water partition coefficient (Wildman–Crippen LogP) is 16.9. The molecule has 0 spiro atoms. The van der Waals surface area contributed by atoms with Gasteiger partial charge in [-0.1, -0.05) is 204 Å². The fourth-order valence-corrected chi connectivity index (χ4v) is 7.05. The summed E-state index contributed by atoms with van der Waals surface area (Å²) < 4.78 is 16.7. The maximum Gasteiger partial charge on any atom is 0.306 e. The summed E-state index contributed by atoms with van der Waals surface area (Å²) in [5, 5.41) is 0. The smallest absolute Gasteiger partial charge is 0.306 e. The van der Waals surface area contributed by atoms with Gasteiger partial charge in [-0.15, -0.1) is 0 Å². The molecule has 0 aromatic heterocycles. The molecule has 0 aromatic carbocycles. The normalized spacial score (nSPS) is 12.5. The molecule has 0 bridgehead atoms. The van der Waals surface area contributed by atoms with Crippen molar-refractivity contribution in [2.45, 2.75) is 258 Å². The fraction of sp³-hybridized carbons (Fsp3) is 0.764. The van der Waals surface area contributed by atoms with Gasteiger partial charge in [0, 0.05) is 19.3 Å². The second kappa shape index (κ2) is 49.8. The molecule has 0 saturated heterocycles. The number of hydrogen-bond acceptors (Lipinski definition) is 6. The Hall–Kier alpha value is -2.89. The highest BCUT2D eigenvalue weighted by molar-refractivity contribution is 5.71. The molecular formula is C55H96O6. The lowest BCUT2D eigenvalue weighted by Crippen LogP contribution is -2.30. The first kappa shape index (κ1) is 58.1. The summed E-state index contributed by atoms with van der Waals surface area (Å²) >= 11 is 0. The highest BCUT2D eigenvalue weighted by atomic mass is 16.6. The van der Waals surface area contributed by atoms with Gasteiger partial charge in [0.25, 0.3) is 0 Å². The van der Waals surface area contributed by atoms with Gasteiger partial charge in [-0.3, -0.25) is 14.4 Å². The van der Waals surface area contributed by atoms with Crippen LogP contribution in [0.4, 0.5) is 0 Å². The van der Waals surface area contributed by atoms with Crippen LogP contribution in [0.2, 0.25) is 0 Å². The van der Waals surface area contributed by atoms with Crippen LogP contribution in [0.5, 0.6) is 0 Å². The Balaban J connectivity index is 4.39. The molecular weight excluding hydrogens is 757 g/mol. The molecule has 61 heavy (non-hydrogen) atoms. The predicted molar refractivity (Wildman–Crippen MR) is 261 cm³/mol. The van der Waals surface area contributed by atoms with Gasteiger partial charge in [-0.2, -0.15) is 0 Å². The van der Waals surface area contributed by atoms with Crippen LogP contribution >= 0.6 is 0 Å². The summed E-state index contributed by atoms with van der Waals surface area (Å²) in [5.41, 5.74) is 0. The van der Waals surface area contributed by atoms with Crippen molar-refractivity contribution in [2.24, 2.45) is 0 Å². The Kier molecular flexibility index (Phi) is 47.4. The van der Waals surface area contributed by atoms with Crippen molar-refractivity contribution in [2.75, 3.05) is 13.2 Å². The first-order chi connectivity index (χ1) is 30.0. The Morgan fingerprint density at radius 2 is 0.607 bits per heavy atom. The van der Waals surface area contributed by atoms with Crippen LogP contribution in [-0.4, -0.2) is 37.2 Å². The Morgan fingerprint density at radius 1 is 0.328 bits per heavy atom. The van der Waals surface area contributed by atoms with Gasteiger partial charge in [0.05, 0.1) is 0 Å². The number of ether oxygens (including phenoxy) is 3. The summed E-state index contributed by atoms with van der Waals surface area (Å²) in [6.45, 7) is 6.53. The fourth-order valence-electron chi connectivity index (χ4n) is 7.05. The van der Waals surface area contributed by atoms with E-state index in [0.717, 1.165) is 109 Å². The molecule has 0 saturated carbocycles. The first-order valence-electron chi connectivity index (χ1n) is 25.8. The van der Waals surface area contributed by atoms with Crippen molar-refractivity contribution in [3.8, 4) is 0 Å². The van der Waals surface area contributed by atoms with Gasteiger partial charge in [0.2, 0.25) is 0 Å². The minimum atomic E-state index is -0.789. The summed E-state index contributed by atoms with van der Waals surface area (Å²) in [6, 6.07) is 0. The molecule has 0 aromatic rings.